The molecule has 0 unspecified atom stereocenters. The first-order chi connectivity index (χ1) is 6.56. The van der Waals surface area contributed by atoms with Crippen LogP contribution in [0.3, 0.4) is 0 Å². The van der Waals surface area contributed by atoms with Crippen LogP contribution in [-0.4, -0.2) is 16.1 Å². The summed E-state index contributed by atoms with van der Waals surface area (Å²) < 4.78 is 0. The lowest BCUT2D eigenvalue weighted by molar-refractivity contribution is -0.394. The first-order valence-corrected chi connectivity index (χ1v) is 3.49. The summed E-state index contributed by atoms with van der Waals surface area (Å²) in [5, 5.41) is 27.6. The largest absolute Gasteiger partial charge is 0.308 e. The Balaban J connectivity index is 3.34. The number of rotatable bonds is 3. The summed E-state index contributed by atoms with van der Waals surface area (Å²) in [4.78, 5) is 19.3. The minimum Gasteiger partial charge on any atom is -0.308 e. The third-order valence-electron chi connectivity index (χ3n) is 1.58. The predicted octanol–water partition coefficient (Wildman–Crippen LogP) is 1.50. The van der Waals surface area contributed by atoms with Gasteiger partial charge < -0.3 is 5.41 Å². The molecule has 1 aromatic carbocycles. The molecule has 0 saturated heterocycles. The highest BCUT2D eigenvalue weighted by Crippen LogP contribution is 2.22. The Morgan fingerprint density at radius 3 is 2.29 bits per heavy atom. The standard InChI is InChI=1S/C7H5N3O4/c8-4-5-1-2-6(9(11)12)3-7(5)10(13)14/h1-4,8H. The Morgan fingerprint density at radius 2 is 1.86 bits per heavy atom. The van der Waals surface area contributed by atoms with Crippen molar-refractivity contribution in [3.8, 4) is 0 Å². The van der Waals surface area contributed by atoms with Gasteiger partial charge in [0.05, 0.1) is 21.5 Å². The number of hydrogen-bond acceptors (Lipinski definition) is 5. The van der Waals surface area contributed by atoms with Crippen molar-refractivity contribution in [2.75, 3.05) is 0 Å². The molecule has 0 aliphatic rings. The minimum absolute atomic E-state index is 0.0422. The van der Waals surface area contributed by atoms with Crippen LogP contribution in [0.25, 0.3) is 0 Å². The monoisotopic (exact) mass is 195 g/mol. The van der Waals surface area contributed by atoms with Crippen molar-refractivity contribution < 1.29 is 9.85 Å². The molecule has 0 aliphatic carbocycles. The molecule has 0 aliphatic heterocycles. The predicted molar refractivity (Wildman–Crippen MR) is 47.6 cm³/mol. The van der Waals surface area contributed by atoms with Gasteiger partial charge in [-0.05, 0) is 6.07 Å². The van der Waals surface area contributed by atoms with Crippen molar-refractivity contribution >= 4 is 17.6 Å². The molecule has 0 spiro atoms. The van der Waals surface area contributed by atoms with Crippen molar-refractivity contribution in [1.29, 1.82) is 5.41 Å². The zero-order valence-corrected chi connectivity index (χ0v) is 6.84. The van der Waals surface area contributed by atoms with Crippen molar-refractivity contribution in [3.05, 3.63) is 44.0 Å². The summed E-state index contributed by atoms with van der Waals surface area (Å²) in [6.45, 7) is 0. The molecule has 0 aromatic heterocycles. The van der Waals surface area contributed by atoms with Crippen LogP contribution in [0.5, 0.6) is 0 Å². The van der Waals surface area contributed by atoms with Crippen LogP contribution >= 0.6 is 0 Å². The summed E-state index contributed by atoms with van der Waals surface area (Å²) in [6, 6.07) is 3.12. The number of hydrogen-bond donors (Lipinski definition) is 1. The highest BCUT2D eigenvalue weighted by Gasteiger charge is 2.17. The number of nitrogens with one attached hydrogen (secondary N) is 1. The Kier molecular flexibility index (Phi) is 2.52. The Hall–Kier alpha value is -2.31. The first-order valence-electron chi connectivity index (χ1n) is 3.49. The fraction of sp³-hybridized carbons (Fsp3) is 0. The van der Waals surface area contributed by atoms with Crippen molar-refractivity contribution in [2.45, 2.75) is 0 Å². The van der Waals surface area contributed by atoms with E-state index in [1.54, 1.807) is 0 Å². The summed E-state index contributed by atoms with van der Waals surface area (Å²) in [5.74, 6) is 0. The van der Waals surface area contributed by atoms with Gasteiger partial charge in [-0.15, -0.1) is 0 Å². The molecule has 0 amide bonds. The maximum absolute atomic E-state index is 10.4. The van der Waals surface area contributed by atoms with Crippen LogP contribution in [0.1, 0.15) is 5.56 Å². The topological polar surface area (TPSA) is 110 Å². The summed E-state index contributed by atoms with van der Waals surface area (Å²) in [5.41, 5.74) is -0.753. The van der Waals surface area contributed by atoms with E-state index in [1.165, 1.54) is 6.07 Å². The molecular weight excluding hydrogens is 190 g/mol. The lowest BCUT2D eigenvalue weighted by atomic mass is 10.2. The van der Waals surface area contributed by atoms with E-state index in [9.17, 15) is 20.2 Å². The van der Waals surface area contributed by atoms with Crippen molar-refractivity contribution in [1.82, 2.24) is 0 Å². The van der Waals surface area contributed by atoms with Gasteiger partial charge in [-0.25, -0.2) is 0 Å². The molecule has 1 rings (SSSR count). The quantitative estimate of drug-likeness (QED) is 0.447. The van der Waals surface area contributed by atoms with Gasteiger partial charge in [-0.1, -0.05) is 0 Å². The van der Waals surface area contributed by atoms with Gasteiger partial charge >= 0.3 is 0 Å². The zero-order valence-electron chi connectivity index (χ0n) is 6.84. The van der Waals surface area contributed by atoms with E-state index in [4.69, 9.17) is 5.41 Å². The van der Waals surface area contributed by atoms with Crippen molar-refractivity contribution in [2.24, 2.45) is 0 Å². The van der Waals surface area contributed by atoms with E-state index in [-0.39, 0.29) is 11.3 Å². The smallest absolute Gasteiger partial charge is 0.284 e. The molecule has 0 radical (unpaired) electrons. The number of nitrogens with zero attached hydrogens (tertiary/aromatic N) is 2. The Labute approximate surface area is 77.8 Å². The average Bonchev–Trinajstić information content (AvgIpc) is 2.16. The summed E-state index contributed by atoms with van der Waals surface area (Å²) in [6.07, 6.45) is 0.780. The summed E-state index contributed by atoms with van der Waals surface area (Å²) in [7, 11) is 0. The Bertz CT molecular complexity index is 415. The van der Waals surface area contributed by atoms with Crippen LogP contribution in [0.15, 0.2) is 18.2 Å². The molecule has 0 saturated carbocycles. The van der Waals surface area contributed by atoms with Crippen LogP contribution in [-0.2, 0) is 0 Å². The number of non-ortho nitro benzene ring substituents is 1. The molecule has 14 heavy (non-hydrogen) atoms. The van der Waals surface area contributed by atoms with Crippen LogP contribution in [0.4, 0.5) is 11.4 Å². The lowest BCUT2D eigenvalue weighted by Gasteiger charge is -1.95. The zero-order chi connectivity index (χ0) is 10.7. The summed E-state index contributed by atoms with van der Waals surface area (Å²) >= 11 is 0. The van der Waals surface area contributed by atoms with Gasteiger partial charge in [0.25, 0.3) is 11.4 Å². The molecule has 7 heteroatoms. The van der Waals surface area contributed by atoms with Gasteiger partial charge in [0, 0.05) is 12.3 Å². The molecule has 0 atom stereocenters. The molecule has 1 aromatic rings. The average molecular weight is 195 g/mol. The second-order valence-electron chi connectivity index (χ2n) is 2.40. The van der Waals surface area contributed by atoms with Crippen LogP contribution in [0.2, 0.25) is 0 Å². The van der Waals surface area contributed by atoms with Gasteiger partial charge in [-0.2, -0.15) is 0 Å². The van der Waals surface area contributed by atoms with E-state index in [1.807, 2.05) is 0 Å². The van der Waals surface area contributed by atoms with E-state index < -0.39 is 15.5 Å². The van der Waals surface area contributed by atoms with Crippen molar-refractivity contribution in [3.63, 3.8) is 0 Å². The van der Waals surface area contributed by atoms with Gasteiger partial charge in [0.1, 0.15) is 0 Å². The second kappa shape index (κ2) is 3.60. The van der Waals surface area contributed by atoms with Gasteiger partial charge in [0.2, 0.25) is 0 Å². The van der Waals surface area contributed by atoms with E-state index >= 15 is 0 Å². The van der Waals surface area contributed by atoms with E-state index in [2.05, 4.69) is 0 Å². The highest BCUT2D eigenvalue weighted by atomic mass is 16.6. The van der Waals surface area contributed by atoms with Gasteiger partial charge in [-0.3, -0.25) is 20.2 Å². The molecule has 72 valence electrons. The SMILES string of the molecule is N=Cc1ccc([N+](=O)[O-])cc1[N+](=O)[O-]. The number of nitro benzene ring substituents is 2. The highest BCUT2D eigenvalue weighted by molar-refractivity contribution is 5.83. The maximum atomic E-state index is 10.4. The normalized spacial score (nSPS) is 9.43. The number of nitro groups is 2. The lowest BCUT2D eigenvalue weighted by Crippen LogP contribution is -1.96. The number of benzene rings is 1. The fourth-order valence-corrected chi connectivity index (χ4v) is 0.926. The third-order valence-corrected chi connectivity index (χ3v) is 1.58. The van der Waals surface area contributed by atoms with Gasteiger partial charge in [0.15, 0.2) is 0 Å². The molecule has 7 nitrogen and oxygen atoms in total. The Morgan fingerprint density at radius 1 is 1.21 bits per heavy atom. The molecule has 1 N–H and O–H groups in total. The molecular formula is C7H5N3O4. The van der Waals surface area contributed by atoms with Crippen LogP contribution in [0, 0.1) is 25.6 Å². The van der Waals surface area contributed by atoms with E-state index in [0.717, 1.165) is 18.3 Å². The molecule has 0 fully saturated rings. The van der Waals surface area contributed by atoms with E-state index in [0.29, 0.717) is 0 Å². The maximum Gasteiger partial charge on any atom is 0.284 e. The minimum atomic E-state index is -0.757. The fourth-order valence-electron chi connectivity index (χ4n) is 0.926. The second-order valence-corrected chi connectivity index (χ2v) is 2.40. The molecule has 0 bridgehead atoms. The molecule has 0 heterocycles. The first kappa shape index (κ1) is 9.78. The van der Waals surface area contributed by atoms with Crippen LogP contribution < -0.4 is 0 Å². The third kappa shape index (κ3) is 1.71.